The molecule has 0 spiro atoms. The lowest BCUT2D eigenvalue weighted by molar-refractivity contribution is 0.0950. The molecular formula is C26H26N4O3. The van der Waals surface area contributed by atoms with E-state index in [9.17, 15) is 9.59 Å². The maximum absolute atomic E-state index is 13.1. The molecule has 0 unspecified atom stereocenters. The van der Waals surface area contributed by atoms with E-state index in [1.54, 1.807) is 4.57 Å². The summed E-state index contributed by atoms with van der Waals surface area (Å²) in [4.78, 5) is 26.3. The second-order valence-electron chi connectivity index (χ2n) is 8.16. The number of carbonyl (C=O) groups excluding carboxylic acids is 1. The highest BCUT2D eigenvalue weighted by molar-refractivity contribution is 6.09. The number of ether oxygens (including phenoxy) is 1. The lowest BCUT2D eigenvalue weighted by atomic mass is 10.0. The van der Waals surface area contributed by atoms with Crippen molar-refractivity contribution in [2.24, 2.45) is 0 Å². The predicted molar refractivity (Wildman–Crippen MR) is 127 cm³/mol. The Hall–Kier alpha value is -3.87. The second kappa shape index (κ2) is 8.94. The number of amides is 1. The van der Waals surface area contributed by atoms with Crippen LogP contribution in [-0.2, 0) is 6.54 Å². The fraction of sp³-hybridized carbons (Fsp3) is 0.269. The van der Waals surface area contributed by atoms with Gasteiger partial charge in [-0.25, -0.2) is 14.0 Å². The van der Waals surface area contributed by atoms with Crippen molar-refractivity contribution in [3.8, 4) is 11.4 Å². The topological polar surface area (TPSA) is 78.2 Å². The fourth-order valence-corrected chi connectivity index (χ4v) is 4.12. The normalized spacial score (nSPS) is 13.2. The van der Waals surface area contributed by atoms with E-state index in [0.717, 1.165) is 35.1 Å². The van der Waals surface area contributed by atoms with Crippen LogP contribution < -0.4 is 15.7 Å². The highest BCUT2D eigenvalue weighted by atomic mass is 16.5. The van der Waals surface area contributed by atoms with Gasteiger partial charge in [-0.2, -0.15) is 5.10 Å². The summed E-state index contributed by atoms with van der Waals surface area (Å²) >= 11 is 0. The van der Waals surface area contributed by atoms with E-state index in [1.807, 2.05) is 73.7 Å². The van der Waals surface area contributed by atoms with E-state index in [4.69, 9.17) is 4.74 Å². The van der Waals surface area contributed by atoms with E-state index in [-0.39, 0.29) is 18.1 Å². The number of benzene rings is 3. The van der Waals surface area contributed by atoms with Gasteiger partial charge in [0.05, 0.1) is 24.4 Å². The Morgan fingerprint density at radius 1 is 1.06 bits per heavy atom. The third kappa shape index (κ3) is 4.14. The van der Waals surface area contributed by atoms with Gasteiger partial charge in [-0.1, -0.05) is 48.5 Å². The zero-order chi connectivity index (χ0) is 22.8. The maximum atomic E-state index is 13.1. The van der Waals surface area contributed by atoms with Gasteiger partial charge in [0.25, 0.3) is 5.91 Å². The zero-order valence-electron chi connectivity index (χ0n) is 18.5. The molecule has 1 aromatic heterocycles. The molecule has 1 amide bonds. The van der Waals surface area contributed by atoms with E-state index >= 15 is 0 Å². The molecule has 33 heavy (non-hydrogen) atoms. The van der Waals surface area contributed by atoms with Crippen molar-refractivity contribution in [3.63, 3.8) is 0 Å². The van der Waals surface area contributed by atoms with Gasteiger partial charge in [0, 0.05) is 12.5 Å². The molecule has 0 atom stereocenters. The summed E-state index contributed by atoms with van der Waals surface area (Å²) in [5.41, 5.74) is 1.14. The minimum Gasteiger partial charge on any atom is -0.493 e. The molecule has 0 radical (unpaired) electrons. The average molecular weight is 443 g/mol. The van der Waals surface area contributed by atoms with E-state index in [0.29, 0.717) is 30.4 Å². The number of nitrogens with zero attached hydrogens (tertiary/aromatic N) is 3. The summed E-state index contributed by atoms with van der Waals surface area (Å²) in [6, 6.07) is 21.1. The molecule has 3 aromatic carbocycles. The van der Waals surface area contributed by atoms with Crippen molar-refractivity contribution in [2.75, 3.05) is 13.2 Å². The van der Waals surface area contributed by atoms with Crippen LogP contribution in [-0.4, -0.2) is 33.4 Å². The third-order valence-electron chi connectivity index (χ3n) is 5.85. The van der Waals surface area contributed by atoms with Gasteiger partial charge >= 0.3 is 5.69 Å². The van der Waals surface area contributed by atoms with Gasteiger partial charge in [-0.3, -0.25) is 4.79 Å². The number of hydrogen-bond donors (Lipinski definition) is 1. The minimum absolute atomic E-state index is 0.183. The summed E-state index contributed by atoms with van der Waals surface area (Å²) < 4.78 is 8.86. The number of fused-ring (bicyclic) bond motifs is 1. The average Bonchev–Trinajstić information content (AvgIpc) is 3.63. The first kappa shape index (κ1) is 21.0. The van der Waals surface area contributed by atoms with Crippen LogP contribution >= 0.6 is 0 Å². The van der Waals surface area contributed by atoms with Crippen molar-refractivity contribution in [2.45, 2.75) is 32.2 Å². The van der Waals surface area contributed by atoms with E-state index in [1.165, 1.54) is 4.68 Å². The van der Waals surface area contributed by atoms with Crippen LogP contribution in [0.25, 0.3) is 16.5 Å². The summed E-state index contributed by atoms with van der Waals surface area (Å²) in [6.07, 6.45) is 2.09. The highest BCUT2D eigenvalue weighted by Gasteiger charge is 2.31. The number of aromatic nitrogens is 3. The molecule has 0 bridgehead atoms. The summed E-state index contributed by atoms with van der Waals surface area (Å²) in [5.74, 6) is 1.44. The van der Waals surface area contributed by atoms with Crippen LogP contribution in [0.4, 0.5) is 0 Å². The van der Waals surface area contributed by atoms with Crippen LogP contribution in [0.15, 0.2) is 71.5 Å². The second-order valence-corrected chi connectivity index (χ2v) is 8.16. The van der Waals surface area contributed by atoms with Crippen LogP contribution in [0.5, 0.6) is 5.75 Å². The van der Waals surface area contributed by atoms with Crippen molar-refractivity contribution in [1.82, 2.24) is 19.7 Å². The van der Waals surface area contributed by atoms with Gasteiger partial charge in [0.1, 0.15) is 11.6 Å². The Morgan fingerprint density at radius 2 is 1.82 bits per heavy atom. The van der Waals surface area contributed by atoms with Gasteiger partial charge in [-0.15, -0.1) is 0 Å². The Morgan fingerprint density at radius 3 is 2.58 bits per heavy atom. The first-order valence-electron chi connectivity index (χ1n) is 11.3. The van der Waals surface area contributed by atoms with E-state index in [2.05, 4.69) is 10.4 Å². The quantitative estimate of drug-likeness (QED) is 0.449. The number of nitrogens with one attached hydrogen (secondary N) is 1. The molecule has 1 N–H and O–H groups in total. The summed E-state index contributed by atoms with van der Waals surface area (Å²) in [5, 5.41) is 9.36. The van der Waals surface area contributed by atoms with Gasteiger partial charge in [0.15, 0.2) is 0 Å². The van der Waals surface area contributed by atoms with Gasteiger partial charge in [0.2, 0.25) is 0 Å². The molecule has 0 saturated heterocycles. The molecule has 168 valence electrons. The van der Waals surface area contributed by atoms with Crippen LogP contribution in [0.2, 0.25) is 0 Å². The largest absolute Gasteiger partial charge is 0.493 e. The van der Waals surface area contributed by atoms with Crippen LogP contribution in [0.1, 0.15) is 41.9 Å². The summed E-state index contributed by atoms with van der Waals surface area (Å²) in [6.45, 7) is 2.93. The molecule has 7 heteroatoms. The highest BCUT2D eigenvalue weighted by Crippen LogP contribution is 2.39. The van der Waals surface area contributed by atoms with E-state index < -0.39 is 0 Å². The Labute approximate surface area is 191 Å². The smallest absolute Gasteiger partial charge is 0.350 e. The maximum Gasteiger partial charge on any atom is 0.350 e. The number of hydrogen-bond acceptors (Lipinski definition) is 4. The minimum atomic E-state index is -0.229. The molecule has 1 aliphatic carbocycles. The molecule has 5 rings (SSSR count). The Bertz CT molecular complexity index is 1350. The van der Waals surface area contributed by atoms with Crippen molar-refractivity contribution in [1.29, 1.82) is 0 Å². The first-order chi connectivity index (χ1) is 16.2. The molecule has 4 aromatic rings. The lowest BCUT2D eigenvalue weighted by Gasteiger charge is -2.13. The zero-order valence-corrected chi connectivity index (χ0v) is 18.5. The van der Waals surface area contributed by atoms with Crippen LogP contribution in [0.3, 0.4) is 0 Å². The number of para-hydroxylation sites is 1. The van der Waals surface area contributed by atoms with Crippen molar-refractivity contribution in [3.05, 3.63) is 88.6 Å². The fourth-order valence-electron chi connectivity index (χ4n) is 4.12. The van der Waals surface area contributed by atoms with Gasteiger partial charge in [-0.05, 0) is 48.7 Å². The first-order valence-corrected chi connectivity index (χ1v) is 11.3. The van der Waals surface area contributed by atoms with Crippen molar-refractivity contribution < 1.29 is 9.53 Å². The molecule has 1 fully saturated rings. The molecule has 7 nitrogen and oxygen atoms in total. The van der Waals surface area contributed by atoms with Gasteiger partial charge < -0.3 is 10.1 Å². The molecule has 1 saturated carbocycles. The third-order valence-corrected chi connectivity index (χ3v) is 5.85. The van der Waals surface area contributed by atoms with Crippen LogP contribution in [0, 0.1) is 0 Å². The monoisotopic (exact) mass is 442 g/mol. The summed E-state index contributed by atoms with van der Waals surface area (Å²) in [7, 11) is 0. The molecule has 1 aliphatic rings. The molecular weight excluding hydrogens is 416 g/mol. The Kier molecular flexibility index (Phi) is 5.69. The SMILES string of the molecule is CCOc1ccc2ccccc2c1C(=O)NCCn1nc(C2CC2)n(-c2ccccc2)c1=O. The lowest BCUT2D eigenvalue weighted by Crippen LogP contribution is -2.32. The molecule has 0 aliphatic heterocycles. The Balaban J connectivity index is 1.37. The number of carbonyl (C=O) groups is 1. The standard InChI is InChI=1S/C26H26N4O3/c1-2-33-22-15-14-18-8-6-7-11-21(18)23(22)25(31)27-16-17-29-26(32)30(20-9-4-3-5-10-20)24(28-29)19-12-13-19/h3-11,14-15,19H,2,12-13,16-17H2,1H3,(H,27,31). The number of rotatable bonds is 8. The van der Waals surface area contributed by atoms with Crippen molar-refractivity contribution >= 4 is 16.7 Å². The molecule has 1 heterocycles. The predicted octanol–water partition coefficient (Wildman–Crippen LogP) is 3.89.